The van der Waals surface area contributed by atoms with E-state index < -0.39 is 12.1 Å². The molecule has 3 aromatic rings. The second-order valence-electron chi connectivity index (χ2n) is 8.64. The number of esters is 1. The lowest BCUT2D eigenvalue weighted by molar-refractivity contribution is -0.124. The molecule has 180 valence electrons. The average molecular weight is 465 g/mol. The molecule has 3 heterocycles. The molecule has 0 spiro atoms. The molecule has 0 saturated carbocycles. The fourth-order valence-electron chi connectivity index (χ4n) is 4.22. The predicted molar refractivity (Wildman–Crippen MR) is 132 cm³/mol. The van der Waals surface area contributed by atoms with Crippen LogP contribution in [0.15, 0.2) is 42.6 Å². The number of aromatic nitrogens is 2. The highest BCUT2D eigenvalue weighted by Gasteiger charge is 2.30. The molecule has 0 radical (unpaired) electrons. The SMILES string of the molecule is CC[C@H](C)Nc1cnc2c(c1)c(NC(=O)[C@H]1CCCO1)c(C(=O)OC)n2CCc1ccccc1. The summed E-state index contributed by atoms with van der Waals surface area (Å²) in [6.45, 7) is 5.26. The van der Waals surface area contributed by atoms with Gasteiger partial charge >= 0.3 is 5.97 Å². The van der Waals surface area contributed by atoms with E-state index in [1.807, 2.05) is 41.0 Å². The first-order valence-corrected chi connectivity index (χ1v) is 11.8. The standard InChI is InChI=1S/C26H32N4O4/c1-4-17(2)28-19-15-20-22(29-25(31)21-11-8-14-34-21)23(26(32)33-3)30(24(20)27-16-19)13-12-18-9-6-5-7-10-18/h5-7,9-10,15-17,21,28H,4,8,11-14H2,1-3H3,(H,29,31)/t17-,21+/m0/s1. The van der Waals surface area contributed by atoms with Gasteiger partial charge in [-0.1, -0.05) is 37.3 Å². The van der Waals surface area contributed by atoms with Crippen LogP contribution >= 0.6 is 0 Å². The van der Waals surface area contributed by atoms with Gasteiger partial charge in [0.15, 0.2) is 5.69 Å². The summed E-state index contributed by atoms with van der Waals surface area (Å²) in [5.41, 5.74) is 3.28. The van der Waals surface area contributed by atoms with E-state index in [4.69, 9.17) is 14.5 Å². The molecule has 2 N–H and O–H groups in total. The number of fused-ring (bicyclic) bond motifs is 1. The normalized spacial score (nSPS) is 16.4. The van der Waals surface area contributed by atoms with Crippen LogP contribution in [0.5, 0.6) is 0 Å². The zero-order valence-corrected chi connectivity index (χ0v) is 20.0. The minimum atomic E-state index is -0.525. The van der Waals surface area contributed by atoms with Crippen LogP contribution in [0, 0.1) is 0 Å². The van der Waals surface area contributed by atoms with Crippen LogP contribution in [0.4, 0.5) is 11.4 Å². The van der Waals surface area contributed by atoms with Gasteiger partial charge in [0.25, 0.3) is 5.91 Å². The van der Waals surface area contributed by atoms with Gasteiger partial charge in [0.2, 0.25) is 0 Å². The van der Waals surface area contributed by atoms with Crippen LogP contribution in [0.1, 0.15) is 49.2 Å². The van der Waals surface area contributed by atoms with E-state index >= 15 is 0 Å². The molecule has 1 aliphatic rings. The molecule has 1 saturated heterocycles. The lowest BCUT2D eigenvalue weighted by Gasteiger charge is -2.13. The van der Waals surface area contributed by atoms with Gasteiger partial charge in [0, 0.05) is 24.6 Å². The number of rotatable bonds is 9. The number of ether oxygens (including phenoxy) is 2. The Hall–Kier alpha value is -3.39. The fraction of sp³-hybridized carbons (Fsp3) is 0.423. The van der Waals surface area contributed by atoms with Crippen molar-refractivity contribution in [1.29, 1.82) is 0 Å². The van der Waals surface area contributed by atoms with Gasteiger partial charge in [-0.15, -0.1) is 0 Å². The molecular formula is C26H32N4O4. The first-order chi connectivity index (χ1) is 16.5. The van der Waals surface area contributed by atoms with E-state index in [9.17, 15) is 9.59 Å². The number of anilines is 2. The molecule has 1 amide bonds. The summed E-state index contributed by atoms with van der Waals surface area (Å²) in [5.74, 6) is -0.782. The number of hydrogen-bond donors (Lipinski definition) is 2. The third kappa shape index (κ3) is 5.07. The number of carbonyl (C=O) groups is 2. The number of methoxy groups -OCH3 is 1. The number of benzene rings is 1. The highest BCUT2D eigenvalue weighted by molar-refractivity contribution is 6.12. The van der Waals surface area contributed by atoms with Gasteiger partial charge in [0.1, 0.15) is 11.8 Å². The van der Waals surface area contributed by atoms with Crippen molar-refractivity contribution in [2.45, 2.75) is 58.2 Å². The summed E-state index contributed by atoms with van der Waals surface area (Å²) in [6, 6.07) is 12.2. The van der Waals surface area contributed by atoms with Gasteiger partial charge in [0.05, 0.1) is 24.7 Å². The summed E-state index contributed by atoms with van der Waals surface area (Å²) in [6.07, 6.45) is 4.38. The van der Waals surface area contributed by atoms with Crippen LogP contribution in [-0.4, -0.2) is 47.3 Å². The second-order valence-corrected chi connectivity index (χ2v) is 8.64. The Labute approximate surface area is 199 Å². The molecule has 4 rings (SSSR count). The Bertz CT molecular complexity index is 1150. The van der Waals surface area contributed by atoms with Crippen LogP contribution in [-0.2, 0) is 27.2 Å². The van der Waals surface area contributed by atoms with Gasteiger partial charge in [-0.05, 0) is 44.2 Å². The summed E-state index contributed by atoms with van der Waals surface area (Å²) >= 11 is 0. The molecule has 0 unspecified atom stereocenters. The van der Waals surface area contributed by atoms with Crippen molar-refractivity contribution in [2.75, 3.05) is 24.4 Å². The number of carbonyl (C=O) groups excluding carboxylic acids is 2. The van der Waals surface area contributed by atoms with E-state index in [1.165, 1.54) is 7.11 Å². The van der Waals surface area contributed by atoms with Crippen molar-refractivity contribution >= 4 is 34.3 Å². The van der Waals surface area contributed by atoms with Crippen molar-refractivity contribution < 1.29 is 19.1 Å². The molecular weight excluding hydrogens is 432 g/mol. The lowest BCUT2D eigenvalue weighted by Crippen LogP contribution is -2.28. The molecule has 8 nitrogen and oxygen atoms in total. The summed E-state index contributed by atoms with van der Waals surface area (Å²) in [7, 11) is 1.34. The summed E-state index contributed by atoms with van der Waals surface area (Å²) in [5, 5.41) is 7.08. The maximum absolute atomic E-state index is 13.0. The zero-order chi connectivity index (χ0) is 24.1. The Kier molecular flexibility index (Phi) is 7.47. The Morgan fingerprint density at radius 1 is 1.29 bits per heavy atom. The van der Waals surface area contributed by atoms with E-state index in [1.54, 1.807) is 6.20 Å². The van der Waals surface area contributed by atoms with Crippen molar-refractivity contribution in [3.63, 3.8) is 0 Å². The molecule has 0 aliphatic carbocycles. The quantitative estimate of drug-likeness (QED) is 0.456. The zero-order valence-electron chi connectivity index (χ0n) is 20.0. The van der Waals surface area contributed by atoms with Gasteiger partial charge in [-0.25, -0.2) is 9.78 Å². The monoisotopic (exact) mass is 464 g/mol. The summed E-state index contributed by atoms with van der Waals surface area (Å²) < 4.78 is 12.5. The van der Waals surface area contributed by atoms with E-state index in [0.29, 0.717) is 42.7 Å². The molecule has 8 heteroatoms. The van der Waals surface area contributed by atoms with Crippen LogP contribution < -0.4 is 10.6 Å². The third-order valence-corrected chi connectivity index (χ3v) is 6.24. The van der Waals surface area contributed by atoms with Crippen LogP contribution in [0.25, 0.3) is 11.0 Å². The molecule has 2 atom stereocenters. The molecule has 34 heavy (non-hydrogen) atoms. The number of nitrogens with one attached hydrogen (secondary N) is 2. The summed E-state index contributed by atoms with van der Waals surface area (Å²) in [4.78, 5) is 30.7. The number of amides is 1. The minimum Gasteiger partial charge on any atom is -0.464 e. The molecule has 0 bridgehead atoms. The number of aryl methyl sites for hydroxylation is 2. The van der Waals surface area contributed by atoms with E-state index in [2.05, 4.69) is 24.5 Å². The number of nitrogens with zero attached hydrogens (tertiary/aromatic N) is 2. The topological polar surface area (TPSA) is 94.5 Å². The Morgan fingerprint density at radius 3 is 2.76 bits per heavy atom. The first kappa shape index (κ1) is 23.8. The second kappa shape index (κ2) is 10.7. The largest absolute Gasteiger partial charge is 0.464 e. The number of pyridine rings is 1. The predicted octanol–water partition coefficient (Wildman–Crippen LogP) is 4.39. The Morgan fingerprint density at radius 2 is 2.09 bits per heavy atom. The van der Waals surface area contributed by atoms with Crippen molar-refractivity contribution in [1.82, 2.24) is 9.55 Å². The minimum absolute atomic E-state index is 0.254. The maximum Gasteiger partial charge on any atom is 0.356 e. The van der Waals surface area contributed by atoms with Crippen LogP contribution in [0.3, 0.4) is 0 Å². The fourth-order valence-corrected chi connectivity index (χ4v) is 4.22. The van der Waals surface area contributed by atoms with Gasteiger partial charge < -0.3 is 24.7 Å². The lowest BCUT2D eigenvalue weighted by atomic mass is 10.1. The first-order valence-electron chi connectivity index (χ1n) is 11.8. The molecule has 1 aromatic carbocycles. The van der Waals surface area contributed by atoms with Gasteiger partial charge in [-0.3, -0.25) is 4.79 Å². The molecule has 1 aliphatic heterocycles. The highest BCUT2D eigenvalue weighted by atomic mass is 16.5. The third-order valence-electron chi connectivity index (χ3n) is 6.24. The average Bonchev–Trinajstić information content (AvgIpc) is 3.50. The highest BCUT2D eigenvalue weighted by Crippen LogP contribution is 2.33. The van der Waals surface area contributed by atoms with Crippen LogP contribution in [0.2, 0.25) is 0 Å². The number of hydrogen-bond acceptors (Lipinski definition) is 6. The Balaban J connectivity index is 1.80. The van der Waals surface area contributed by atoms with E-state index in [0.717, 1.165) is 24.1 Å². The molecule has 1 fully saturated rings. The van der Waals surface area contributed by atoms with Crippen molar-refractivity contribution in [3.05, 3.63) is 53.9 Å². The van der Waals surface area contributed by atoms with Crippen molar-refractivity contribution in [3.8, 4) is 0 Å². The van der Waals surface area contributed by atoms with E-state index in [-0.39, 0.29) is 17.6 Å². The maximum atomic E-state index is 13.0. The smallest absolute Gasteiger partial charge is 0.356 e. The molecule has 2 aromatic heterocycles. The van der Waals surface area contributed by atoms with Gasteiger partial charge in [-0.2, -0.15) is 0 Å². The van der Waals surface area contributed by atoms with Crippen molar-refractivity contribution in [2.24, 2.45) is 0 Å².